The van der Waals surface area contributed by atoms with Gasteiger partial charge in [0.1, 0.15) is 18.0 Å². The Morgan fingerprint density at radius 1 is 1.31 bits per heavy atom. The van der Waals surface area contributed by atoms with Gasteiger partial charge in [-0.3, -0.25) is 4.99 Å². The van der Waals surface area contributed by atoms with Crippen LogP contribution in [0.15, 0.2) is 23.2 Å². The van der Waals surface area contributed by atoms with Gasteiger partial charge in [0.2, 0.25) is 0 Å². The van der Waals surface area contributed by atoms with Gasteiger partial charge in [-0.25, -0.2) is 0 Å². The molecule has 2 rings (SSSR count). The van der Waals surface area contributed by atoms with Crippen molar-refractivity contribution in [3.05, 3.63) is 18.2 Å². The fourth-order valence-corrected chi connectivity index (χ4v) is 1.92. The van der Waals surface area contributed by atoms with E-state index < -0.39 is 0 Å². The Labute approximate surface area is 96.7 Å². The zero-order valence-electron chi connectivity index (χ0n) is 10.2. The van der Waals surface area contributed by atoms with Crippen molar-refractivity contribution in [2.24, 2.45) is 4.99 Å². The molecule has 1 heterocycles. The average molecular weight is 218 g/mol. The van der Waals surface area contributed by atoms with Crippen LogP contribution in [0.4, 0.5) is 11.4 Å². The van der Waals surface area contributed by atoms with Gasteiger partial charge in [0.05, 0.1) is 5.71 Å². The number of benzene rings is 1. The van der Waals surface area contributed by atoms with E-state index in [1.165, 1.54) is 5.69 Å². The Bertz CT molecular complexity index is 408. The van der Waals surface area contributed by atoms with Gasteiger partial charge < -0.3 is 9.64 Å². The number of hydrogen-bond acceptors (Lipinski definition) is 3. The molecule has 0 N–H and O–H groups in total. The van der Waals surface area contributed by atoms with Crippen LogP contribution in [0.1, 0.15) is 20.8 Å². The smallest absolute Gasteiger partial charge is 0.147 e. The molecular formula is C13H18N2O. The molecule has 0 saturated carbocycles. The van der Waals surface area contributed by atoms with Crippen LogP contribution in [0.25, 0.3) is 0 Å². The van der Waals surface area contributed by atoms with Crippen molar-refractivity contribution in [3.8, 4) is 5.75 Å². The lowest BCUT2D eigenvalue weighted by molar-refractivity contribution is 0.372. The molecule has 1 aliphatic rings. The molecule has 1 aromatic rings. The van der Waals surface area contributed by atoms with Gasteiger partial charge in [0.25, 0.3) is 0 Å². The van der Waals surface area contributed by atoms with Crippen molar-refractivity contribution < 1.29 is 4.74 Å². The summed E-state index contributed by atoms with van der Waals surface area (Å²) in [6, 6.07) is 6.22. The second kappa shape index (κ2) is 4.56. The van der Waals surface area contributed by atoms with Crippen molar-refractivity contribution in [1.82, 2.24) is 0 Å². The third-order valence-electron chi connectivity index (χ3n) is 2.82. The van der Waals surface area contributed by atoms with Crippen LogP contribution in [0.3, 0.4) is 0 Å². The maximum absolute atomic E-state index is 5.66. The minimum absolute atomic E-state index is 0.606. The summed E-state index contributed by atoms with van der Waals surface area (Å²) in [4.78, 5) is 6.77. The molecule has 16 heavy (non-hydrogen) atoms. The summed E-state index contributed by atoms with van der Waals surface area (Å²) in [7, 11) is 0. The average Bonchev–Trinajstić information content (AvgIpc) is 2.31. The third-order valence-corrected chi connectivity index (χ3v) is 2.82. The molecule has 3 heteroatoms. The molecule has 0 atom stereocenters. The highest BCUT2D eigenvalue weighted by molar-refractivity contribution is 5.88. The first kappa shape index (κ1) is 11.0. The number of ether oxygens (including phenoxy) is 1. The van der Waals surface area contributed by atoms with Gasteiger partial charge in [0, 0.05) is 24.8 Å². The largest absolute Gasteiger partial charge is 0.485 e. The molecular weight excluding hydrogens is 200 g/mol. The molecule has 0 amide bonds. The van der Waals surface area contributed by atoms with E-state index in [2.05, 4.69) is 35.9 Å². The molecule has 1 aliphatic heterocycles. The molecule has 0 bridgehead atoms. The van der Waals surface area contributed by atoms with Gasteiger partial charge in [-0.05, 0) is 32.9 Å². The predicted octanol–water partition coefficient (Wildman–Crippen LogP) is 3.02. The Kier molecular flexibility index (Phi) is 3.13. The van der Waals surface area contributed by atoms with Crippen molar-refractivity contribution in [2.75, 3.05) is 24.6 Å². The first-order chi connectivity index (χ1) is 7.74. The molecule has 0 unspecified atom stereocenters. The lowest BCUT2D eigenvalue weighted by Crippen LogP contribution is -2.22. The summed E-state index contributed by atoms with van der Waals surface area (Å²) in [5.41, 5.74) is 3.18. The summed E-state index contributed by atoms with van der Waals surface area (Å²) in [6.07, 6.45) is 0. The number of fused-ring (bicyclic) bond motifs is 1. The number of aliphatic imine (C=N–C) groups is 1. The standard InChI is InChI=1S/C13H18N2O/c1-4-15(5-2)11-6-7-12-13(8-11)16-9-10(3)14-12/h6-8H,4-5,9H2,1-3H3. The normalized spacial score (nSPS) is 13.8. The molecule has 1 aromatic carbocycles. The van der Waals surface area contributed by atoms with Crippen LogP contribution in [0.2, 0.25) is 0 Å². The molecule has 0 aliphatic carbocycles. The molecule has 0 fully saturated rings. The monoisotopic (exact) mass is 218 g/mol. The van der Waals surface area contributed by atoms with E-state index in [9.17, 15) is 0 Å². The summed E-state index contributed by atoms with van der Waals surface area (Å²) < 4.78 is 5.66. The van der Waals surface area contributed by atoms with Crippen LogP contribution in [0.5, 0.6) is 5.75 Å². The van der Waals surface area contributed by atoms with Crippen molar-refractivity contribution in [1.29, 1.82) is 0 Å². The highest BCUT2D eigenvalue weighted by Crippen LogP contribution is 2.34. The Hall–Kier alpha value is -1.51. The molecule has 86 valence electrons. The Balaban J connectivity index is 2.33. The van der Waals surface area contributed by atoms with Gasteiger partial charge >= 0.3 is 0 Å². The zero-order chi connectivity index (χ0) is 11.5. The van der Waals surface area contributed by atoms with Crippen molar-refractivity contribution in [2.45, 2.75) is 20.8 Å². The SMILES string of the molecule is CCN(CC)c1ccc2c(c1)OCC(C)=N2. The number of rotatable bonds is 3. The predicted molar refractivity (Wildman–Crippen MR) is 68.3 cm³/mol. The quantitative estimate of drug-likeness (QED) is 0.779. The molecule has 0 aromatic heterocycles. The zero-order valence-corrected chi connectivity index (χ0v) is 10.2. The van der Waals surface area contributed by atoms with Crippen LogP contribution in [-0.4, -0.2) is 25.4 Å². The summed E-state index contributed by atoms with van der Waals surface area (Å²) in [5.74, 6) is 0.898. The van der Waals surface area contributed by atoms with Crippen LogP contribution in [-0.2, 0) is 0 Å². The summed E-state index contributed by atoms with van der Waals surface area (Å²) in [5, 5.41) is 0. The lowest BCUT2D eigenvalue weighted by atomic mass is 10.2. The van der Waals surface area contributed by atoms with Gasteiger partial charge in [-0.2, -0.15) is 0 Å². The number of anilines is 1. The van der Waals surface area contributed by atoms with Gasteiger partial charge in [-0.15, -0.1) is 0 Å². The molecule has 0 saturated heterocycles. The van der Waals surface area contributed by atoms with E-state index in [1.807, 2.05) is 13.0 Å². The molecule has 0 spiro atoms. The fraction of sp³-hybridized carbons (Fsp3) is 0.462. The van der Waals surface area contributed by atoms with E-state index >= 15 is 0 Å². The van der Waals surface area contributed by atoms with E-state index in [4.69, 9.17) is 4.74 Å². The molecule has 3 nitrogen and oxygen atoms in total. The first-order valence-electron chi connectivity index (χ1n) is 5.80. The van der Waals surface area contributed by atoms with E-state index in [0.29, 0.717) is 6.61 Å². The third kappa shape index (κ3) is 2.03. The van der Waals surface area contributed by atoms with Crippen LogP contribution in [0, 0.1) is 0 Å². The van der Waals surface area contributed by atoms with Gasteiger partial charge in [-0.1, -0.05) is 0 Å². The fourth-order valence-electron chi connectivity index (χ4n) is 1.92. The topological polar surface area (TPSA) is 24.8 Å². The van der Waals surface area contributed by atoms with Crippen LogP contribution >= 0.6 is 0 Å². The number of hydrogen-bond donors (Lipinski definition) is 0. The first-order valence-corrected chi connectivity index (χ1v) is 5.80. The van der Waals surface area contributed by atoms with Gasteiger partial charge in [0.15, 0.2) is 0 Å². The van der Waals surface area contributed by atoms with Crippen molar-refractivity contribution >= 4 is 17.1 Å². The second-order valence-electron chi connectivity index (χ2n) is 3.96. The summed E-state index contributed by atoms with van der Waals surface area (Å²) >= 11 is 0. The Morgan fingerprint density at radius 3 is 2.75 bits per heavy atom. The van der Waals surface area contributed by atoms with E-state index in [-0.39, 0.29) is 0 Å². The van der Waals surface area contributed by atoms with E-state index in [0.717, 1.165) is 30.2 Å². The summed E-state index contributed by atoms with van der Waals surface area (Å²) in [6.45, 7) is 8.93. The highest BCUT2D eigenvalue weighted by Gasteiger charge is 2.12. The second-order valence-corrected chi connectivity index (χ2v) is 3.96. The maximum Gasteiger partial charge on any atom is 0.147 e. The minimum atomic E-state index is 0.606. The van der Waals surface area contributed by atoms with Crippen molar-refractivity contribution in [3.63, 3.8) is 0 Å². The minimum Gasteiger partial charge on any atom is -0.485 e. The van der Waals surface area contributed by atoms with Crippen LogP contribution < -0.4 is 9.64 Å². The number of nitrogens with zero attached hydrogens (tertiary/aromatic N) is 2. The molecule has 0 radical (unpaired) electrons. The Morgan fingerprint density at radius 2 is 2.06 bits per heavy atom. The lowest BCUT2D eigenvalue weighted by Gasteiger charge is -2.23. The maximum atomic E-state index is 5.66. The highest BCUT2D eigenvalue weighted by atomic mass is 16.5. The van der Waals surface area contributed by atoms with E-state index in [1.54, 1.807) is 0 Å².